The molecular weight excluding hydrogens is 254 g/mol. The van der Waals surface area contributed by atoms with Crippen LogP contribution < -0.4 is 5.32 Å². The first-order chi connectivity index (χ1) is 8.59. The van der Waals surface area contributed by atoms with Gasteiger partial charge in [0.15, 0.2) is 5.79 Å². The molecule has 18 heavy (non-hydrogen) atoms. The average Bonchev–Trinajstić information content (AvgIpc) is 2.76. The smallest absolute Gasteiger partial charge is 0.251 e. The van der Waals surface area contributed by atoms with Crippen LogP contribution in [0, 0.1) is 0 Å². The molecule has 0 atom stereocenters. The molecule has 0 radical (unpaired) electrons. The molecule has 4 nitrogen and oxygen atoms in total. The number of halogens is 1. The first kappa shape index (κ1) is 13.3. The van der Waals surface area contributed by atoms with Crippen molar-refractivity contribution >= 4 is 17.5 Å². The Morgan fingerprint density at radius 1 is 1.44 bits per heavy atom. The standard InChI is InChI=1S/C13H16ClNO3/c1-13(17-7-8-18-13)5-6-15-12(16)10-3-2-4-11(14)9-10/h2-4,9H,5-8H2,1H3,(H,15,16). The van der Waals surface area contributed by atoms with E-state index >= 15 is 0 Å². The van der Waals surface area contributed by atoms with Gasteiger partial charge < -0.3 is 14.8 Å². The second-order valence-electron chi connectivity index (χ2n) is 4.35. The van der Waals surface area contributed by atoms with Gasteiger partial charge in [-0.15, -0.1) is 0 Å². The SMILES string of the molecule is CC1(CCNC(=O)c2cccc(Cl)c2)OCCO1. The second kappa shape index (κ2) is 5.69. The van der Waals surface area contributed by atoms with Crippen molar-refractivity contribution in [3.63, 3.8) is 0 Å². The first-order valence-corrected chi connectivity index (χ1v) is 6.29. The molecule has 0 saturated carbocycles. The maximum absolute atomic E-state index is 11.8. The Kier molecular flexibility index (Phi) is 4.22. The van der Waals surface area contributed by atoms with Crippen molar-refractivity contribution in [3.05, 3.63) is 34.9 Å². The Morgan fingerprint density at radius 2 is 2.17 bits per heavy atom. The Bertz CT molecular complexity index is 430. The molecule has 1 aliphatic rings. The number of rotatable bonds is 4. The summed E-state index contributed by atoms with van der Waals surface area (Å²) < 4.78 is 10.9. The van der Waals surface area contributed by atoms with Crippen LogP contribution in [0.3, 0.4) is 0 Å². The van der Waals surface area contributed by atoms with Gasteiger partial charge in [0, 0.05) is 23.6 Å². The molecule has 0 unspecified atom stereocenters. The van der Waals surface area contributed by atoms with Gasteiger partial charge in [-0.3, -0.25) is 4.79 Å². The van der Waals surface area contributed by atoms with E-state index in [4.69, 9.17) is 21.1 Å². The monoisotopic (exact) mass is 269 g/mol. The molecule has 0 spiro atoms. The number of hydrogen-bond donors (Lipinski definition) is 1. The normalized spacial score (nSPS) is 17.7. The van der Waals surface area contributed by atoms with Crippen molar-refractivity contribution in [2.75, 3.05) is 19.8 Å². The molecule has 0 aliphatic carbocycles. The molecule has 5 heteroatoms. The highest BCUT2D eigenvalue weighted by atomic mass is 35.5. The Hall–Kier alpha value is -1.10. The lowest BCUT2D eigenvalue weighted by Gasteiger charge is -2.22. The van der Waals surface area contributed by atoms with Gasteiger partial charge in [0.05, 0.1) is 13.2 Å². The maximum Gasteiger partial charge on any atom is 0.251 e. The van der Waals surface area contributed by atoms with E-state index in [1.165, 1.54) is 0 Å². The number of benzene rings is 1. The third-order valence-corrected chi connectivity index (χ3v) is 3.08. The summed E-state index contributed by atoms with van der Waals surface area (Å²) in [4.78, 5) is 11.8. The van der Waals surface area contributed by atoms with E-state index in [0.29, 0.717) is 36.8 Å². The van der Waals surface area contributed by atoms with Gasteiger partial charge in [-0.2, -0.15) is 0 Å². The van der Waals surface area contributed by atoms with Gasteiger partial charge in [0.2, 0.25) is 0 Å². The van der Waals surface area contributed by atoms with Gasteiger partial charge in [-0.05, 0) is 25.1 Å². The lowest BCUT2D eigenvalue weighted by molar-refractivity contribution is -0.145. The van der Waals surface area contributed by atoms with Gasteiger partial charge in [0.25, 0.3) is 5.91 Å². The summed E-state index contributed by atoms with van der Waals surface area (Å²) in [5, 5.41) is 3.37. The highest BCUT2D eigenvalue weighted by Crippen LogP contribution is 2.21. The van der Waals surface area contributed by atoms with Crippen LogP contribution in [-0.2, 0) is 9.47 Å². The lowest BCUT2D eigenvalue weighted by atomic mass is 10.2. The molecule has 1 fully saturated rings. The van der Waals surface area contributed by atoms with E-state index in [0.717, 1.165) is 0 Å². The van der Waals surface area contributed by atoms with Gasteiger partial charge in [-0.1, -0.05) is 17.7 Å². The van der Waals surface area contributed by atoms with Crippen molar-refractivity contribution in [1.29, 1.82) is 0 Å². The lowest BCUT2D eigenvalue weighted by Crippen LogP contribution is -2.33. The Labute approximate surface area is 111 Å². The van der Waals surface area contributed by atoms with E-state index < -0.39 is 5.79 Å². The summed E-state index contributed by atoms with van der Waals surface area (Å²) in [7, 11) is 0. The van der Waals surface area contributed by atoms with Gasteiger partial charge >= 0.3 is 0 Å². The van der Waals surface area contributed by atoms with Crippen LogP contribution in [0.5, 0.6) is 0 Å². The fourth-order valence-corrected chi connectivity index (χ4v) is 2.03. The first-order valence-electron chi connectivity index (χ1n) is 5.91. The molecule has 1 aliphatic heterocycles. The number of ether oxygens (including phenoxy) is 2. The van der Waals surface area contributed by atoms with E-state index in [9.17, 15) is 4.79 Å². The van der Waals surface area contributed by atoms with Crippen LogP contribution in [0.2, 0.25) is 5.02 Å². The van der Waals surface area contributed by atoms with Crippen molar-refractivity contribution in [2.45, 2.75) is 19.1 Å². The van der Waals surface area contributed by atoms with Crippen molar-refractivity contribution in [2.24, 2.45) is 0 Å². The van der Waals surface area contributed by atoms with Crippen LogP contribution in [0.25, 0.3) is 0 Å². The average molecular weight is 270 g/mol. The molecule has 0 aromatic heterocycles. The molecule has 1 amide bonds. The van der Waals surface area contributed by atoms with E-state index in [2.05, 4.69) is 5.32 Å². The molecule has 98 valence electrons. The third-order valence-electron chi connectivity index (χ3n) is 2.85. The van der Waals surface area contributed by atoms with E-state index in [1.54, 1.807) is 24.3 Å². The molecule has 2 rings (SSSR count). The predicted octanol–water partition coefficient (Wildman–Crippen LogP) is 2.22. The summed E-state index contributed by atoms with van der Waals surface area (Å²) in [6, 6.07) is 6.86. The van der Waals surface area contributed by atoms with Crippen LogP contribution in [-0.4, -0.2) is 31.5 Å². The van der Waals surface area contributed by atoms with Gasteiger partial charge in [0.1, 0.15) is 0 Å². The minimum Gasteiger partial charge on any atom is -0.352 e. The molecule has 1 heterocycles. The Morgan fingerprint density at radius 3 is 2.83 bits per heavy atom. The zero-order chi connectivity index (χ0) is 13.0. The molecule has 1 saturated heterocycles. The Balaban J connectivity index is 1.81. The number of amides is 1. The summed E-state index contributed by atoms with van der Waals surface area (Å²) in [6.45, 7) is 3.60. The fourth-order valence-electron chi connectivity index (χ4n) is 1.84. The molecular formula is C13H16ClNO3. The molecule has 1 N–H and O–H groups in total. The van der Waals surface area contributed by atoms with E-state index in [-0.39, 0.29) is 5.91 Å². The predicted molar refractivity (Wildman–Crippen MR) is 68.7 cm³/mol. The van der Waals surface area contributed by atoms with Crippen molar-refractivity contribution in [1.82, 2.24) is 5.32 Å². The van der Waals surface area contributed by atoms with Crippen LogP contribution >= 0.6 is 11.6 Å². The number of carbonyl (C=O) groups excluding carboxylic acids is 1. The zero-order valence-electron chi connectivity index (χ0n) is 10.2. The number of nitrogens with one attached hydrogen (secondary N) is 1. The van der Waals surface area contributed by atoms with Crippen LogP contribution in [0.15, 0.2) is 24.3 Å². The highest BCUT2D eigenvalue weighted by Gasteiger charge is 2.30. The number of carbonyl (C=O) groups is 1. The molecule has 1 aromatic rings. The largest absolute Gasteiger partial charge is 0.352 e. The third kappa shape index (κ3) is 3.45. The quantitative estimate of drug-likeness (QED) is 0.912. The maximum atomic E-state index is 11.8. The fraction of sp³-hybridized carbons (Fsp3) is 0.462. The summed E-state index contributed by atoms with van der Waals surface area (Å²) in [5.41, 5.74) is 0.556. The topological polar surface area (TPSA) is 47.6 Å². The molecule has 0 bridgehead atoms. The zero-order valence-corrected chi connectivity index (χ0v) is 11.0. The molecule has 1 aromatic carbocycles. The van der Waals surface area contributed by atoms with Crippen LogP contribution in [0.4, 0.5) is 0 Å². The van der Waals surface area contributed by atoms with Crippen molar-refractivity contribution < 1.29 is 14.3 Å². The summed E-state index contributed by atoms with van der Waals surface area (Å²) in [6.07, 6.45) is 0.624. The summed E-state index contributed by atoms with van der Waals surface area (Å²) in [5.74, 6) is -0.708. The summed E-state index contributed by atoms with van der Waals surface area (Å²) >= 11 is 5.83. The minimum atomic E-state index is -0.568. The van der Waals surface area contributed by atoms with Crippen molar-refractivity contribution in [3.8, 4) is 0 Å². The number of hydrogen-bond acceptors (Lipinski definition) is 3. The minimum absolute atomic E-state index is 0.140. The van der Waals surface area contributed by atoms with E-state index in [1.807, 2.05) is 6.92 Å². The second-order valence-corrected chi connectivity index (χ2v) is 4.78. The highest BCUT2D eigenvalue weighted by molar-refractivity contribution is 6.30. The van der Waals surface area contributed by atoms with Gasteiger partial charge in [-0.25, -0.2) is 0 Å². The van der Waals surface area contributed by atoms with Crippen LogP contribution in [0.1, 0.15) is 23.7 Å².